The van der Waals surface area contributed by atoms with Crippen LogP contribution in [0.25, 0.3) is 0 Å². The zero-order valence-corrected chi connectivity index (χ0v) is 9.57. The van der Waals surface area contributed by atoms with Gasteiger partial charge >= 0.3 is 0 Å². The number of aromatic hydroxyl groups is 2. The van der Waals surface area contributed by atoms with Gasteiger partial charge in [0.15, 0.2) is 5.79 Å². The van der Waals surface area contributed by atoms with Gasteiger partial charge in [0.2, 0.25) is 0 Å². The lowest BCUT2D eigenvalue weighted by atomic mass is 10.1. The molecule has 4 nitrogen and oxygen atoms in total. The minimum Gasteiger partial charge on any atom is -0.508 e. The number of hydrogen-bond donors (Lipinski definition) is 2. The molecule has 1 heterocycles. The average Bonchev–Trinajstić information content (AvgIpc) is 2.60. The van der Waals surface area contributed by atoms with Crippen LogP contribution in [-0.2, 0) is 15.3 Å². The van der Waals surface area contributed by atoms with Gasteiger partial charge in [-0.05, 0) is 19.1 Å². The van der Waals surface area contributed by atoms with Crippen molar-refractivity contribution in [2.45, 2.75) is 18.8 Å². The van der Waals surface area contributed by atoms with Crippen molar-refractivity contribution in [3.05, 3.63) is 23.8 Å². The number of alkyl halides is 1. The van der Waals surface area contributed by atoms with Gasteiger partial charge in [-0.2, -0.15) is 0 Å². The van der Waals surface area contributed by atoms with E-state index in [0.29, 0.717) is 18.1 Å². The van der Waals surface area contributed by atoms with Crippen LogP contribution in [0.1, 0.15) is 12.5 Å². The topological polar surface area (TPSA) is 58.9 Å². The van der Waals surface area contributed by atoms with E-state index in [1.165, 1.54) is 18.2 Å². The van der Waals surface area contributed by atoms with Gasteiger partial charge in [-0.15, -0.1) is 11.6 Å². The van der Waals surface area contributed by atoms with E-state index in [9.17, 15) is 10.2 Å². The molecule has 5 heteroatoms. The Balaban J connectivity index is 2.29. The third-order valence-electron chi connectivity index (χ3n) is 2.54. The zero-order chi connectivity index (χ0) is 11.8. The molecule has 1 fully saturated rings. The van der Waals surface area contributed by atoms with Gasteiger partial charge in [0.05, 0.1) is 18.6 Å². The van der Waals surface area contributed by atoms with E-state index in [-0.39, 0.29) is 17.6 Å². The van der Waals surface area contributed by atoms with Crippen molar-refractivity contribution >= 4 is 11.6 Å². The van der Waals surface area contributed by atoms with Gasteiger partial charge in [-0.1, -0.05) is 0 Å². The molecule has 1 aromatic rings. The Hall–Kier alpha value is -0.970. The Bertz CT molecular complexity index is 375. The first-order valence-corrected chi connectivity index (χ1v) is 5.48. The quantitative estimate of drug-likeness (QED) is 0.781. The molecule has 1 aliphatic rings. The van der Waals surface area contributed by atoms with Crippen LogP contribution >= 0.6 is 11.6 Å². The highest BCUT2D eigenvalue weighted by molar-refractivity contribution is 6.18. The summed E-state index contributed by atoms with van der Waals surface area (Å²) in [5, 5.41) is 18.8. The van der Waals surface area contributed by atoms with Crippen molar-refractivity contribution < 1.29 is 19.7 Å². The summed E-state index contributed by atoms with van der Waals surface area (Å²) >= 11 is 5.68. The van der Waals surface area contributed by atoms with Gasteiger partial charge in [-0.25, -0.2) is 0 Å². The van der Waals surface area contributed by atoms with Crippen LogP contribution in [0, 0.1) is 0 Å². The van der Waals surface area contributed by atoms with Crippen LogP contribution in [0.3, 0.4) is 0 Å². The van der Waals surface area contributed by atoms with Crippen molar-refractivity contribution in [3.8, 4) is 11.5 Å². The molecule has 0 bridgehead atoms. The van der Waals surface area contributed by atoms with E-state index >= 15 is 0 Å². The summed E-state index contributed by atoms with van der Waals surface area (Å²) in [6, 6.07) is 4.24. The smallest absolute Gasteiger partial charge is 0.192 e. The third kappa shape index (κ3) is 2.09. The Kier molecular flexibility index (Phi) is 2.97. The first kappa shape index (κ1) is 11.5. The number of phenolic OH excluding ortho intramolecular Hbond substituents is 2. The number of hydrogen-bond acceptors (Lipinski definition) is 4. The summed E-state index contributed by atoms with van der Waals surface area (Å²) in [7, 11) is 0. The normalized spacial score (nSPS) is 29.5. The van der Waals surface area contributed by atoms with E-state index < -0.39 is 5.79 Å². The monoisotopic (exact) mass is 244 g/mol. The van der Waals surface area contributed by atoms with Crippen molar-refractivity contribution in [3.63, 3.8) is 0 Å². The van der Waals surface area contributed by atoms with Crippen LogP contribution < -0.4 is 0 Å². The molecule has 2 N–H and O–H groups in total. The molecule has 0 spiro atoms. The first-order valence-electron chi connectivity index (χ1n) is 4.95. The molecular formula is C11H13ClO4. The molecule has 0 radical (unpaired) electrons. The molecule has 2 unspecified atom stereocenters. The SMILES string of the molecule is CC1(c2cc(O)cc(O)c2)OCC(CCl)O1. The van der Waals surface area contributed by atoms with E-state index in [2.05, 4.69) is 0 Å². The lowest BCUT2D eigenvalue weighted by Crippen LogP contribution is -2.24. The maximum atomic E-state index is 9.39. The highest BCUT2D eigenvalue weighted by Crippen LogP contribution is 2.37. The maximum absolute atomic E-state index is 9.39. The molecular weight excluding hydrogens is 232 g/mol. The minimum absolute atomic E-state index is 0.0299. The second kappa shape index (κ2) is 4.13. The van der Waals surface area contributed by atoms with Gasteiger partial charge in [0.25, 0.3) is 0 Å². The number of phenols is 2. The molecule has 16 heavy (non-hydrogen) atoms. The summed E-state index contributed by atoms with van der Waals surface area (Å²) in [6.45, 7) is 2.13. The van der Waals surface area contributed by atoms with Gasteiger partial charge in [0, 0.05) is 11.6 Å². The van der Waals surface area contributed by atoms with E-state index in [0.717, 1.165) is 0 Å². The molecule has 0 aliphatic carbocycles. The van der Waals surface area contributed by atoms with E-state index in [4.69, 9.17) is 21.1 Å². The Morgan fingerprint density at radius 1 is 1.38 bits per heavy atom. The Morgan fingerprint density at radius 2 is 2.00 bits per heavy atom. The van der Waals surface area contributed by atoms with Crippen LogP contribution in [0.2, 0.25) is 0 Å². The van der Waals surface area contributed by atoms with Crippen LogP contribution in [-0.4, -0.2) is 28.8 Å². The number of ether oxygens (including phenoxy) is 2. The van der Waals surface area contributed by atoms with Crippen molar-refractivity contribution in [2.24, 2.45) is 0 Å². The van der Waals surface area contributed by atoms with Crippen LogP contribution in [0.15, 0.2) is 18.2 Å². The van der Waals surface area contributed by atoms with Gasteiger partial charge < -0.3 is 19.7 Å². The molecule has 1 aromatic carbocycles. The highest BCUT2D eigenvalue weighted by Gasteiger charge is 2.38. The number of rotatable bonds is 2. The molecule has 0 saturated carbocycles. The van der Waals surface area contributed by atoms with E-state index in [1.807, 2.05) is 0 Å². The summed E-state index contributed by atoms with van der Waals surface area (Å²) < 4.78 is 11.1. The predicted molar refractivity (Wildman–Crippen MR) is 58.7 cm³/mol. The zero-order valence-electron chi connectivity index (χ0n) is 8.81. The average molecular weight is 245 g/mol. The summed E-state index contributed by atoms with van der Waals surface area (Å²) in [5.41, 5.74) is 0.567. The van der Waals surface area contributed by atoms with Gasteiger partial charge in [0.1, 0.15) is 11.5 Å². The van der Waals surface area contributed by atoms with Crippen molar-refractivity contribution in [1.82, 2.24) is 0 Å². The van der Waals surface area contributed by atoms with Gasteiger partial charge in [-0.3, -0.25) is 0 Å². The fourth-order valence-corrected chi connectivity index (χ4v) is 1.87. The molecule has 1 saturated heterocycles. The molecule has 0 aromatic heterocycles. The third-order valence-corrected chi connectivity index (χ3v) is 2.88. The molecule has 2 atom stereocenters. The van der Waals surface area contributed by atoms with Crippen LogP contribution in [0.4, 0.5) is 0 Å². The number of halogens is 1. The molecule has 2 rings (SSSR count). The van der Waals surface area contributed by atoms with Crippen molar-refractivity contribution in [2.75, 3.05) is 12.5 Å². The fourth-order valence-electron chi connectivity index (χ4n) is 1.72. The molecule has 0 amide bonds. The summed E-state index contributed by atoms with van der Waals surface area (Å²) in [6.07, 6.45) is -0.170. The molecule has 1 aliphatic heterocycles. The second-order valence-electron chi connectivity index (χ2n) is 3.89. The predicted octanol–water partition coefficient (Wildman–Crippen LogP) is 1.92. The lowest BCUT2D eigenvalue weighted by molar-refractivity contribution is -0.159. The first-order chi connectivity index (χ1) is 7.53. The maximum Gasteiger partial charge on any atom is 0.192 e. The van der Waals surface area contributed by atoms with Crippen molar-refractivity contribution in [1.29, 1.82) is 0 Å². The fraction of sp³-hybridized carbons (Fsp3) is 0.455. The number of benzene rings is 1. The highest BCUT2D eigenvalue weighted by atomic mass is 35.5. The standard InChI is InChI=1S/C11H13ClO4/c1-11(15-6-10(5-12)16-11)7-2-8(13)4-9(14)3-7/h2-4,10,13-14H,5-6H2,1H3. The minimum atomic E-state index is -0.963. The Morgan fingerprint density at radius 3 is 2.50 bits per heavy atom. The summed E-state index contributed by atoms with van der Waals surface area (Å²) in [4.78, 5) is 0. The molecule has 88 valence electrons. The lowest BCUT2D eigenvalue weighted by Gasteiger charge is -2.23. The largest absolute Gasteiger partial charge is 0.508 e. The van der Waals surface area contributed by atoms with E-state index in [1.54, 1.807) is 6.92 Å². The second-order valence-corrected chi connectivity index (χ2v) is 4.20. The summed E-state index contributed by atoms with van der Waals surface area (Å²) in [5.74, 6) is -0.675. The Labute approximate surface area is 98.4 Å². The van der Waals surface area contributed by atoms with Crippen LogP contribution in [0.5, 0.6) is 11.5 Å².